The molecule has 1 aromatic rings. The second kappa shape index (κ2) is 5.45. The molecule has 1 rings (SSSR count). The van der Waals surface area contributed by atoms with Crippen LogP contribution < -0.4 is 5.32 Å². The molecule has 4 nitrogen and oxygen atoms in total. The Balaban J connectivity index is 0.00000144. The normalized spacial score (nSPS) is 9.08. The number of nitriles is 1. The van der Waals surface area contributed by atoms with Gasteiger partial charge in [0.1, 0.15) is 16.6 Å². The molecule has 6 heteroatoms. The minimum absolute atomic E-state index is 0. The number of aromatic hydroxyl groups is 1. The van der Waals surface area contributed by atoms with Gasteiger partial charge in [0, 0.05) is 6.04 Å². The van der Waals surface area contributed by atoms with Crippen molar-refractivity contribution in [3.05, 3.63) is 5.56 Å². The average molecular weight is 207 g/mol. The van der Waals surface area contributed by atoms with Gasteiger partial charge in [-0.25, -0.2) is 0 Å². The van der Waals surface area contributed by atoms with Crippen molar-refractivity contribution < 1.29 is 5.11 Å². The predicted octanol–water partition coefficient (Wildman–Crippen LogP) is 0.892. The average Bonchev–Trinajstić information content (AvgIpc) is 2.30. The molecule has 0 aliphatic heterocycles. The Kier molecular flexibility index (Phi) is 5.33. The first-order valence-corrected chi connectivity index (χ1v) is 4.27. The molecule has 13 heavy (non-hydrogen) atoms. The fourth-order valence-corrected chi connectivity index (χ4v) is 1.53. The van der Waals surface area contributed by atoms with Crippen molar-refractivity contribution >= 4 is 46.1 Å². The molecular formula is C7H10N3NaOS. The molecule has 0 saturated heterocycles. The summed E-state index contributed by atoms with van der Waals surface area (Å²) in [7, 11) is 0. The van der Waals surface area contributed by atoms with Gasteiger partial charge in [-0.3, -0.25) is 0 Å². The van der Waals surface area contributed by atoms with Crippen LogP contribution >= 0.6 is 11.5 Å². The van der Waals surface area contributed by atoms with Crippen LogP contribution in [-0.4, -0.2) is 45.1 Å². The fourth-order valence-electron chi connectivity index (χ4n) is 0.743. The predicted molar refractivity (Wildman–Crippen MR) is 54.4 cm³/mol. The van der Waals surface area contributed by atoms with E-state index in [0.29, 0.717) is 5.00 Å². The second-order valence-electron chi connectivity index (χ2n) is 2.62. The Labute approximate surface area is 103 Å². The van der Waals surface area contributed by atoms with Crippen molar-refractivity contribution in [1.82, 2.24) is 4.37 Å². The number of nitrogens with one attached hydrogen (secondary N) is 1. The third kappa shape index (κ3) is 3.16. The second-order valence-corrected chi connectivity index (χ2v) is 3.39. The zero-order valence-electron chi connectivity index (χ0n) is 6.83. The van der Waals surface area contributed by atoms with Crippen LogP contribution in [0.15, 0.2) is 0 Å². The summed E-state index contributed by atoms with van der Waals surface area (Å²) in [5.74, 6) is -0.189. The molecule has 0 spiro atoms. The van der Waals surface area contributed by atoms with Gasteiger partial charge in [-0.05, 0) is 25.4 Å². The van der Waals surface area contributed by atoms with Crippen LogP contribution in [-0.2, 0) is 0 Å². The maximum atomic E-state index is 9.08. The number of anilines is 1. The van der Waals surface area contributed by atoms with Crippen molar-refractivity contribution in [1.29, 1.82) is 5.26 Å². The topological polar surface area (TPSA) is 68.9 Å². The van der Waals surface area contributed by atoms with Gasteiger partial charge >= 0.3 is 29.6 Å². The first-order valence-electron chi connectivity index (χ1n) is 3.50. The number of rotatable bonds is 2. The van der Waals surface area contributed by atoms with Crippen LogP contribution in [0.3, 0.4) is 0 Å². The maximum absolute atomic E-state index is 9.08. The molecule has 1 aromatic heterocycles. The van der Waals surface area contributed by atoms with Crippen LogP contribution in [0.4, 0.5) is 5.00 Å². The molecule has 0 fully saturated rings. The van der Waals surface area contributed by atoms with Crippen LogP contribution in [0.1, 0.15) is 19.4 Å². The number of nitrogens with zero attached hydrogens (tertiary/aromatic N) is 2. The van der Waals surface area contributed by atoms with Gasteiger partial charge in [-0.2, -0.15) is 9.64 Å². The van der Waals surface area contributed by atoms with E-state index >= 15 is 0 Å². The SMILES string of the molecule is CC(C)Nc1snc(O)c1C#N.[NaH]. The molecule has 1 heterocycles. The van der Waals surface area contributed by atoms with E-state index in [-0.39, 0.29) is 47.0 Å². The third-order valence-electron chi connectivity index (χ3n) is 1.21. The van der Waals surface area contributed by atoms with Crippen LogP contribution in [0.25, 0.3) is 0 Å². The summed E-state index contributed by atoms with van der Waals surface area (Å²) in [5, 5.41) is 21.3. The van der Waals surface area contributed by atoms with E-state index < -0.39 is 0 Å². The van der Waals surface area contributed by atoms with E-state index in [9.17, 15) is 0 Å². The molecule has 0 aliphatic carbocycles. The fraction of sp³-hybridized carbons (Fsp3) is 0.429. The molecule has 0 radical (unpaired) electrons. The molecule has 2 N–H and O–H groups in total. The van der Waals surface area contributed by atoms with Crippen molar-refractivity contribution in [2.45, 2.75) is 19.9 Å². The zero-order chi connectivity index (χ0) is 9.14. The van der Waals surface area contributed by atoms with Crippen molar-refractivity contribution in [3.63, 3.8) is 0 Å². The minimum atomic E-state index is -0.189. The van der Waals surface area contributed by atoms with Gasteiger partial charge in [-0.15, -0.1) is 0 Å². The van der Waals surface area contributed by atoms with E-state index in [1.54, 1.807) is 0 Å². The molecule has 0 atom stereocenters. The van der Waals surface area contributed by atoms with E-state index in [2.05, 4.69) is 9.69 Å². The molecular weight excluding hydrogens is 197 g/mol. The van der Waals surface area contributed by atoms with E-state index in [4.69, 9.17) is 10.4 Å². The van der Waals surface area contributed by atoms with E-state index in [0.717, 1.165) is 11.5 Å². The quantitative estimate of drug-likeness (QED) is 0.707. The summed E-state index contributed by atoms with van der Waals surface area (Å²) in [5.41, 5.74) is 0.230. The van der Waals surface area contributed by atoms with Crippen molar-refractivity contribution in [3.8, 4) is 11.9 Å². The van der Waals surface area contributed by atoms with Crippen LogP contribution in [0.5, 0.6) is 5.88 Å². The first kappa shape index (κ1) is 12.7. The van der Waals surface area contributed by atoms with Crippen molar-refractivity contribution in [2.75, 3.05) is 5.32 Å². The molecule has 0 unspecified atom stereocenters. The monoisotopic (exact) mass is 207 g/mol. The van der Waals surface area contributed by atoms with Gasteiger partial charge in [0.25, 0.3) is 0 Å². The van der Waals surface area contributed by atoms with Gasteiger partial charge in [0.15, 0.2) is 0 Å². The summed E-state index contributed by atoms with van der Waals surface area (Å²) >= 11 is 1.10. The molecule has 0 aliphatic rings. The van der Waals surface area contributed by atoms with Gasteiger partial charge in [0.05, 0.1) is 0 Å². The molecule has 0 bridgehead atoms. The molecule has 66 valence electrons. The summed E-state index contributed by atoms with van der Waals surface area (Å²) in [6.07, 6.45) is 0. The van der Waals surface area contributed by atoms with Gasteiger partial charge in [-0.1, -0.05) is 0 Å². The summed E-state index contributed by atoms with van der Waals surface area (Å²) < 4.78 is 3.65. The van der Waals surface area contributed by atoms with E-state index in [1.165, 1.54) is 0 Å². The number of hydrogen-bond donors (Lipinski definition) is 2. The molecule has 0 saturated carbocycles. The number of hydrogen-bond acceptors (Lipinski definition) is 5. The van der Waals surface area contributed by atoms with Gasteiger partial charge in [0.2, 0.25) is 5.88 Å². The summed E-state index contributed by atoms with van der Waals surface area (Å²) in [6.45, 7) is 3.91. The third-order valence-corrected chi connectivity index (χ3v) is 1.97. The van der Waals surface area contributed by atoms with Crippen molar-refractivity contribution in [2.24, 2.45) is 0 Å². The first-order chi connectivity index (χ1) is 5.65. The summed E-state index contributed by atoms with van der Waals surface area (Å²) in [4.78, 5) is 0. The Morgan fingerprint density at radius 1 is 1.62 bits per heavy atom. The Morgan fingerprint density at radius 3 is 2.69 bits per heavy atom. The van der Waals surface area contributed by atoms with Crippen LogP contribution in [0, 0.1) is 11.3 Å². The zero-order valence-corrected chi connectivity index (χ0v) is 7.64. The number of aromatic nitrogens is 1. The Morgan fingerprint density at radius 2 is 2.23 bits per heavy atom. The Bertz CT molecular complexity index is 318. The van der Waals surface area contributed by atoms with Crippen LogP contribution in [0.2, 0.25) is 0 Å². The van der Waals surface area contributed by atoms with Gasteiger partial charge < -0.3 is 10.4 Å². The molecule has 0 aromatic carbocycles. The summed E-state index contributed by atoms with van der Waals surface area (Å²) in [6, 6.07) is 2.12. The standard InChI is InChI=1S/C7H9N3OS.Na.H/c1-4(2)9-7-5(3-8)6(11)10-12-7;;/h4,9H,1-2H3,(H,10,11);;. The molecule has 0 amide bonds. The van der Waals surface area contributed by atoms with E-state index in [1.807, 2.05) is 19.9 Å². The Hall–Kier alpha value is -0.280.